The number of hydrogen-bond acceptors (Lipinski definition) is 7. The first-order chi connectivity index (χ1) is 18.0. The predicted molar refractivity (Wildman–Crippen MR) is 143 cm³/mol. The zero-order valence-corrected chi connectivity index (χ0v) is 23.0. The second kappa shape index (κ2) is 15.8. The van der Waals surface area contributed by atoms with Crippen molar-refractivity contribution in [2.75, 3.05) is 40.0 Å². The number of nitrogens with zero attached hydrogens (tertiary/aromatic N) is 1. The highest BCUT2D eigenvalue weighted by molar-refractivity contribution is 5.75. The van der Waals surface area contributed by atoms with Crippen LogP contribution in [0, 0.1) is 0 Å². The Kier molecular flexibility index (Phi) is 12.5. The molecule has 0 bridgehead atoms. The molecule has 1 heterocycles. The average molecular weight is 519 g/mol. The first kappa shape index (κ1) is 29.2. The SMILES string of the molecule is CCCC(=O)NCCOc1ccc(CCO[C@H]2CCCCC2N2CC[C@@H](OC(=O)CCC)C2)cc1OC. The van der Waals surface area contributed by atoms with Crippen LogP contribution in [-0.2, 0) is 25.5 Å². The zero-order chi connectivity index (χ0) is 26.5. The standard InChI is InChI=1S/C29H46N2O6/c1-4-8-28(32)30-16-19-36-26-13-12-22(20-27(26)34-3)15-18-35-25-11-7-6-10-24(25)31-17-14-23(21-31)37-29(33)9-5-2/h12-13,20,23-25H,4-11,14-19,21H2,1-3H3,(H,30,32)/t23-,24?,25+/m1/s1. The molecule has 1 saturated heterocycles. The molecule has 1 saturated carbocycles. The maximum atomic E-state index is 11.9. The Labute approximate surface area is 222 Å². The normalized spacial score (nSPS) is 22.0. The lowest BCUT2D eigenvalue weighted by atomic mass is 9.91. The van der Waals surface area contributed by atoms with Gasteiger partial charge in [0.2, 0.25) is 5.91 Å². The number of carbonyl (C=O) groups excluding carboxylic acids is 2. The zero-order valence-electron chi connectivity index (χ0n) is 23.0. The van der Waals surface area contributed by atoms with Crippen molar-refractivity contribution in [3.63, 3.8) is 0 Å². The van der Waals surface area contributed by atoms with Gasteiger partial charge in [0.05, 0.1) is 26.4 Å². The number of likely N-dealkylation sites (tertiary alicyclic amines) is 1. The highest BCUT2D eigenvalue weighted by Crippen LogP contribution is 2.30. The van der Waals surface area contributed by atoms with Gasteiger partial charge in [-0.1, -0.05) is 32.8 Å². The molecule has 1 aliphatic carbocycles. The number of benzene rings is 1. The largest absolute Gasteiger partial charge is 0.493 e. The highest BCUT2D eigenvalue weighted by Gasteiger charge is 2.36. The Balaban J connectivity index is 1.44. The van der Waals surface area contributed by atoms with Crippen LogP contribution in [0.5, 0.6) is 11.5 Å². The van der Waals surface area contributed by atoms with Crippen molar-refractivity contribution in [1.82, 2.24) is 10.2 Å². The molecule has 0 spiro atoms. The van der Waals surface area contributed by atoms with Gasteiger partial charge in [-0.2, -0.15) is 0 Å². The van der Waals surface area contributed by atoms with E-state index in [2.05, 4.69) is 10.2 Å². The van der Waals surface area contributed by atoms with E-state index in [4.69, 9.17) is 18.9 Å². The summed E-state index contributed by atoms with van der Waals surface area (Å²) >= 11 is 0. The van der Waals surface area contributed by atoms with Crippen LogP contribution in [0.25, 0.3) is 0 Å². The molecule has 0 aromatic heterocycles. The van der Waals surface area contributed by atoms with Crippen molar-refractivity contribution in [1.29, 1.82) is 0 Å². The monoisotopic (exact) mass is 518 g/mol. The smallest absolute Gasteiger partial charge is 0.306 e. The van der Waals surface area contributed by atoms with Crippen LogP contribution in [0.2, 0.25) is 0 Å². The molecule has 37 heavy (non-hydrogen) atoms. The van der Waals surface area contributed by atoms with Crippen LogP contribution >= 0.6 is 0 Å². The fourth-order valence-electron chi connectivity index (χ4n) is 5.27. The Morgan fingerprint density at radius 1 is 1.03 bits per heavy atom. The Morgan fingerprint density at radius 2 is 1.84 bits per heavy atom. The number of methoxy groups -OCH3 is 1. The summed E-state index contributed by atoms with van der Waals surface area (Å²) in [5.74, 6) is 1.34. The second-order valence-electron chi connectivity index (χ2n) is 10.1. The van der Waals surface area contributed by atoms with Crippen molar-refractivity contribution in [3.05, 3.63) is 23.8 Å². The lowest BCUT2D eigenvalue weighted by Crippen LogP contribution is -2.46. The van der Waals surface area contributed by atoms with E-state index in [1.165, 1.54) is 12.8 Å². The fourth-order valence-corrected chi connectivity index (χ4v) is 5.27. The molecular formula is C29H46N2O6. The Morgan fingerprint density at radius 3 is 2.62 bits per heavy atom. The number of hydrogen-bond donors (Lipinski definition) is 1. The van der Waals surface area contributed by atoms with E-state index in [0.717, 1.165) is 57.2 Å². The fraction of sp³-hybridized carbons (Fsp3) is 0.724. The molecule has 1 aliphatic heterocycles. The van der Waals surface area contributed by atoms with Gasteiger partial charge < -0.3 is 24.3 Å². The summed E-state index contributed by atoms with van der Waals surface area (Å²) < 4.78 is 23.5. The molecule has 2 aliphatic rings. The number of esters is 1. The van der Waals surface area contributed by atoms with Crippen molar-refractivity contribution < 1.29 is 28.5 Å². The summed E-state index contributed by atoms with van der Waals surface area (Å²) in [6, 6.07) is 6.37. The quantitative estimate of drug-likeness (QED) is 0.274. The minimum atomic E-state index is -0.0728. The van der Waals surface area contributed by atoms with E-state index in [0.29, 0.717) is 50.1 Å². The molecule has 1 aromatic rings. The van der Waals surface area contributed by atoms with Crippen LogP contribution in [0.4, 0.5) is 0 Å². The third kappa shape index (κ3) is 9.49. The van der Waals surface area contributed by atoms with Crippen molar-refractivity contribution in [2.45, 2.75) is 96.3 Å². The van der Waals surface area contributed by atoms with Gasteiger partial charge in [-0.3, -0.25) is 14.5 Å². The maximum Gasteiger partial charge on any atom is 0.306 e. The average Bonchev–Trinajstić information content (AvgIpc) is 3.35. The third-order valence-electron chi connectivity index (χ3n) is 7.17. The molecular weight excluding hydrogens is 472 g/mol. The maximum absolute atomic E-state index is 11.9. The van der Waals surface area contributed by atoms with Gasteiger partial charge in [0.25, 0.3) is 0 Å². The van der Waals surface area contributed by atoms with Crippen molar-refractivity contribution >= 4 is 11.9 Å². The molecule has 8 nitrogen and oxygen atoms in total. The molecule has 1 N–H and O–H groups in total. The molecule has 208 valence electrons. The van der Waals surface area contributed by atoms with Gasteiger partial charge in [-0.05, 0) is 56.2 Å². The minimum Gasteiger partial charge on any atom is -0.493 e. The summed E-state index contributed by atoms with van der Waals surface area (Å²) in [6.07, 6.45) is 9.28. The number of ether oxygens (including phenoxy) is 4. The van der Waals surface area contributed by atoms with E-state index in [-0.39, 0.29) is 24.1 Å². The van der Waals surface area contributed by atoms with Gasteiger partial charge in [-0.25, -0.2) is 0 Å². The van der Waals surface area contributed by atoms with Crippen LogP contribution < -0.4 is 14.8 Å². The molecule has 3 atom stereocenters. The first-order valence-electron chi connectivity index (χ1n) is 14.2. The molecule has 1 aromatic carbocycles. The van der Waals surface area contributed by atoms with Gasteiger partial charge in [-0.15, -0.1) is 0 Å². The molecule has 8 heteroatoms. The van der Waals surface area contributed by atoms with E-state index in [1.54, 1.807) is 7.11 Å². The second-order valence-corrected chi connectivity index (χ2v) is 10.1. The lowest BCUT2D eigenvalue weighted by Gasteiger charge is -2.37. The molecule has 0 radical (unpaired) electrons. The number of rotatable bonds is 15. The molecule has 3 rings (SSSR count). The summed E-state index contributed by atoms with van der Waals surface area (Å²) in [7, 11) is 1.64. The molecule has 1 unspecified atom stereocenters. The van der Waals surface area contributed by atoms with E-state index in [9.17, 15) is 9.59 Å². The Bertz CT molecular complexity index is 848. The molecule has 2 fully saturated rings. The first-order valence-corrected chi connectivity index (χ1v) is 14.2. The number of nitrogens with one attached hydrogen (secondary N) is 1. The topological polar surface area (TPSA) is 86.3 Å². The van der Waals surface area contributed by atoms with E-state index >= 15 is 0 Å². The Hall–Kier alpha value is -2.32. The summed E-state index contributed by atoms with van der Waals surface area (Å²) in [4.78, 5) is 26.0. The lowest BCUT2D eigenvalue weighted by molar-refractivity contribution is -0.148. The number of amides is 1. The van der Waals surface area contributed by atoms with Gasteiger partial charge >= 0.3 is 5.97 Å². The minimum absolute atomic E-state index is 0.0161. The van der Waals surface area contributed by atoms with Crippen LogP contribution in [0.3, 0.4) is 0 Å². The van der Waals surface area contributed by atoms with E-state index < -0.39 is 0 Å². The van der Waals surface area contributed by atoms with Gasteiger partial charge in [0.15, 0.2) is 11.5 Å². The summed E-state index contributed by atoms with van der Waals surface area (Å²) in [5.41, 5.74) is 1.14. The van der Waals surface area contributed by atoms with Crippen molar-refractivity contribution in [3.8, 4) is 11.5 Å². The van der Waals surface area contributed by atoms with Crippen LogP contribution in [0.1, 0.15) is 77.2 Å². The third-order valence-corrected chi connectivity index (χ3v) is 7.17. The van der Waals surface area contributed by atoms with Gasteiger partial charge in [0.1, 0.15) is 12.7 Å². The predicted octanol–water partition coefficient (Wildman–Crippen LogP) is 4.28. The van der Waals surface area contributed by atoms with Crippen LogP contribution in [-0.4, -0.2) is 75.0 Å². The van der Waals surface area contributed by atoms with E-state index in [1.807, 2.05) is 32.0 Å². The number of carbonyl (C=O) groups is 2. The molecule has 1 amide bonds. The highest BCUT2D eigenvalue weighted by atomic mass is 16.5. The van der Waals surface area contributed by atoms with Crippen molar-refractivity contribution in [2.24, 2.45) is 0 Å². The summed E-state index contributed by atoms with van der Waals surface area (Å²) in [6.45, 7) is 7.29. The summed E-state index contributed by atoms with van der Waals surface area (Å²) in [5, 5.41) is 2.85. The van der Waals surface area contributed by atoms with Crippen LogP contribution in [0.15, 0.2) is 18.2 Å². The van der Waals surface area contributed by atoms with Gasteiger partial charge in [0, 0.05) is 32.0 Å².